The first kappa shape index (κ1) is 19.3. The zero-order chi connectivity index (χ0) is 21.1. The lowest BCUT2D eigenvalue weighted by atomic mass is 9.99. The van der Waals surface area contributed by atoms with Crippen LogP contribution in [0.2, 0.25) is 0 Å². The van der Waals surface area contributed by atoms with Crippen LogP contribution in [0.25, 0.3) is 22.1 Å². The number of primary amides is 1. The molecule has 1 aromatic heterocycles. The van der Waals surface area contributed by atoms with Gasteiger partial charge < -0.3 is 20.0 Å². The van der Waals surface area contributed by atoms with Crippen molar-refractivity contribution in [1.29, 1.82) is 0 Å². The van der Waals surface area contributed by atoms with Gasteiger partial charge in [-0.05, 0) is 47.5 Å². The van der Waals surface area contributed by atoms with E-state index in [1.807, 2.05) is 24.3 Å². The van der Waals surface area contributed by atoms with E-state index < -0.39 is 11.9 Å². The van der Waals surface area contributed by atoms with E-state index in [1.54, 1.807) is 48.7 Å². The molecular formula is C24H19NO5. The van der Waals surface area contributed by atoms with Crippen molar-refractivity contribution < 1.29 is 23.8 Å². The van der Waals surface area contributed by atoms with Crippen molar-refractivity contribution >= 4 is 22.8 Å². The lowest BCUT2D eigenvalue weighted by Gasteiger charge is -2.12. The number of fused-ring (bicyclic) bond motifs is 1. The van der Waals surface area contributed by atoms with Crippen LogP contribution in [0.5, 0.6) is 5.75 Å². The maximum Gasteiger partial charge on any atom is 0.307 e. The minimum atomic E-state index is -0.914. The highest BCUT2D eigenvalue weighted by Crippen LogP contribution is 2.32. The summed E-state index contributed by atoms with van der Waals surface area (Å²) in [4.78, 5) is 22.7. The second-order valence-corrected chi connectivity index (χ2v) is 6.89. The highest BCUT2D eigenvalue weighted by Gasteiger charge is 2.13. The summed E-state index contributed by atoms with van der Waals surface area (Å²) >= 11 is 0. The molecular weight excluding hydrogens is 382 g/mol. The Morgan fingerprint density at radius 1 is 1.00 bits per heavy atom. The van der Waals surface area contributed by atoms with Crippen LogP contribution in [-0.4, -0.2) is 17.0 Å². The molecule has 6 heteroatoms. The zero-order valence-corrected chi connectivity index (χ0v) is 16.0. The monoisotopic (exact) mass is 401 g/mol. The largest absolute Gasteiger partial charge is 0.489 e. The number of rotatable bonds is 7. The van der Waals surface area contributed by atoms with Gasteiger partial charge in [0.1, 0.15) is 17.9 Å². The Labute approximate surface area is 172 Å². The minimum Gasteiger partial charge on any atom is -0.489 e. The zero-order valence-electron chi connectivity index (χ0n) is 16.0. The van der Waals surface area contributed by atoms with Gasteiger partial charge in [-0.3, -0.25) is 9.59 Å². The Kier molecular flexibility index (Phi) is 5.22. The third-order valence-corrected chi connectivity index (χ3v) is 4.78. The van der Waals surface area contributed by atoms with Crippen molar-refractivity contribution in [3.8, 4) is 16.9 Å². The molecule has 1 heterocycles. The van der Waals surface area contributed by atoms with Gasteiger partial charge in [-0.2, -0.15) is 0 Å². The summed E-state index contributed by atoms with van der Waals surface area (Å²) in [6, 6.07) is 19.9. The highest BCUT2D eigenvalue weighted by atomic mass is 16.5. The molecule has 0 aliphatic carbocycles. The molecule has 4 rings (SSSR count). The lowest BCUT2D eigenvalue weighted by Crippen LogP contribution is -2.10. The average Bonchev–Trinajstić information content (AvgIpc) is 3.21. The fourth-order valence-corrected chi connectivity index (χ4v) is 3.40. The molecule has 0 aliphatic rings. The number of hydrogen-bond acceptors (Lipinski definition) is 4. The molecule has 0 bridgehead atoms. The first-order valence-corrected chi connectivity index (χ1v) is 9.34. The quantitative estimate of drug-likeness (QED) is 0.478. The molecule has 0 spiro atoms. The summed E-state index contributed by atoms with van der Waals surface area (Å²) in [5.74, 6) is -0.881. The van der Waals surface area contributed by atoms with E-state index in [0.717, 1.165) is 22.1 Å². The second kappa shape index (κ2) is 8.13. The Balaban J connectivity index is 1.68. The van der Waals surface area contributed by atoms with Gasteiger partial charge in [0.25, 0.3) is 0 Å². The van der Waals surface area contributed by atoms with Crippen LogP contribution in [0.4, 0.5) is 0 Å². The second-order valence-electron chi connectivity index (χ2n) is 6.89. The van der Waals surface area contributed by atoms with E-state index in [-0.39, 0.29) is 13.0 Å². The molecule has 3 aromatic carbocycles. The number of ether oxygens (including phenoxy) is 1. The van der Waals surface area contributed by atoms with E-state index in [0.29, 0.717) is 22.5 Å². The number of carbonyl (C=O) groups excluding carboxylic acids is 1. The number of para-hydroxylation sites is 1. The standard InChI is InChI=1S/C24H19NO5/c25-24(28)19-6-3-5-16(12-19)20-11-15(10-18-8-9-29-23(18)20)14-30-21-7-2-1-4-17(21)13-22(26)27/h1-12H,13-14H2,(H2,25,28)(H,26,27). The van der Waals surface area contributed by atoms with Crippen LogP contribution in [-0.2, 0) is 17.8 Å². The van der Waals surface area contributed by atoms with Gasteiger partial charge in [0.05, 0.1) is 12.7 Å². The molecule has 0 saturated carbocycles. The predicted molar refractivity (Wildman–Crippen MR) is 112 cm³/mol. The predicted octanol–water partition coefficient (Wildman–Crippen LogP) is 4.40. The lowest BCUT2D eigenvalue weighted by molar-refractivity contribution is -0.136. The Hall–Kier alpha value is -4.06. The normalized spacial score (nSPS) is 10.8. The number of hydrogen-bond donors (Lipinski definition) is 2. The van der Waals surface area contributed by atoms with Gasteiger partial charge in [-0.25, -0.2) is 0 Å². The summed E-state index contributed by atoms with van der Waals surface area (Å²) in [5, 5.41) is 9.99. The van der Waals surface area contributed by atoms with Crippen molar-refractivity contribution in [2.24, 2.45) is 5.73 Å². The Morgan fingerprint density at radius 3 is 2.63 bits per heavy atom. The number of aliphatic carboxylic acids is 1. The van der Waals surface area contributed by atoms with Crippen LogP contribution >= 0.6 is 0 Å². The first-order valence-electron chi connectivity index (χ1n) is 9.34. The number of carbonyl (C=O) groups is 2. The molecule has 0 unspecified atom stereocenters. The molecule has 1 amide bonds. The average molecular weight is 401 g/mol. The molecule has 0 saturated heterocycles. The fourth-order valence-electron chi connectivity index (χ4n) is 3.40. The first-order chi connectivity index (χ1) is 14.5. The number of carboxylic acid groups (broad SMARTS) is 1. The summed E-state index contributed by atoms with van der Waals surface area (Å²) in [5.41, 5.74) is 9.65. The topological polar surface area (TPSA) is 103 Å². The van der Waals surface area contributed by atoms with Gasteiger partial charge in [0.15, 0.2) is 0 Å². The number of benzene rings is 3. The fraction of sp³-hybridized carbons (Fsp3) is 0.0833. The van der Waals surface area contributed by atoms with Gasteiger partial charge in [0.2, 0.25) is 5.91 Å². The Morgan fingerprint density at radius 2 is 1.83 bits per heavy atom. The van der Waals surface area contributed by atoms with Crippen molar-refractivity contribution in [3.63, 3.8) is 0 Å². The molecule has 0 atom stereocenters. The van der Waals surface area contributed by atoms with E-state index in [2.05, 4.69) is 0 Å². The molecule has 0 aliphatic heterocycles. The van der Waals surface area contributed by atoms with Crippen LogP contribution in [0.15, 0.2) is 77.4 Å². The SMILES string of the molecule is NC(=O)c1cccc(-c2cc(COc3ccccc3CC(=O)O)cc3ccoc23)c1. The van der Waals surface area contributed by atoms with Crippen LogP contribution in [0.1, 0.15) is 21.5 Å². The smallest absolute Gasteiger partial charge is 0.307 e. The van der Waals surface area contributed by atoms with Gasteiger partial charge in [-0.15, -0.1) is 0 Å². The van der Waals surface area contributed by atoms with Crippen molar-refractivity contribution in [1.82, 2.24) is 0 Å². The van der Waals surface area contributed by atoms with E-state index in [4.69, 9.17) is 20.0 Å². The summed E-state index contributed by atoms with van der Waals surface area (Å²) in [7, 11) is 0. The van der Waals surface area contributed by atoms with Crippen LogP contribution < -0.4 is 10.5 Å². The molecule has 150 valence electrons. The van der Waals surface area contributed by atoms with E-state index in [9.17, 15) is 9.59 Å². The maximum absolute atomic E-state index is 11.6. The summed E-state index contributed by atoms with van der Waals surface area (Å²) in [6.07, 6.45) is 1.50. The molecule has 3 N–H and O–H groups in total. The van der Waals surface area contributed by atoms with E-state index >= 15 is 0 Å². The molecule has 0 fully saturated rings. The molecule has 30 heavy (non-hydrogen) atoms. The maximum atomic E-state index is 11.6. The molecule has 4 aromatic rings. The minimum absolute atomic E-state index is 0.109. The number of amides is 1. The van der Waals surface area contributed by atoms with E-state index in [1.165, 1.54) is 0 Å². The number of carboxylic acids is 1. The van der Waals surface area contributed by atoms with Crippen molar-refractivity contribution in [2.75, 3.05) is 0 Å². The van der Waals surface area contributed by atoms with Gasteiger partial charge >= 0.3 is 5.97 Å². The van der Waals surface area contributed by atoms with Crippen molar-refractivity contribution in [3.05, 3.63) is 89.7 Å². The van der Waals surface area contributed by atoms with Crippen LogP contribution in [0.3, 0.4) is 0 Å². The van der Waals surface area contributed by atoms with Gasteiger partial charge in [-0.1, -0.05) is 30.3 Å². The highest BCUT2D eigenvalue weighted by molar-refractivity contribution is 5.97. The van der Waals surface area contributed by atoms with Gasteiger partial charge in [0, 0.05) is 22.1 Å². The summed E-state index contributed by atoms with van der Waals surface area (Å²) in [6.45, 7) is 0.250. The number of furan rings is 1. The Bertz CT molecular complexity index is 1240. The van der Waals surface area contributed by atoms with Crippen molar-refractivity contribution in [2.45, 2.75) is 13.0 Å². The third kappa shape index (κ3) is 4.03. The third-order valence-electron chi connectivity index (χ3n) is 4.78. The number of nitrogens with two attached hydrogens (primary N) is 1. The molecule has 6 nitrogen and oxygen atoms in total. The van der Waals surface area contributed by atoms with Crippen LogP contribution in [0, 0.1) is 0 Å². The molecule has 0 radical (unpaired) electrons. The summed E-state index contributed by atoms with van der Waals surface area (Å²) < 4.78 is 11.6.